The van der Waals surface area contributed by atoms with Crippen molar-refractivity contribution in [3.63, 3.8) is 0 Å². The van der Waals surface area contributed by atoms with Gasteiger partial charge in [0.25, 0.3) is 11.8 Å². The maximum absolute atomic E-state index is 12.4. The summed E-state index contributed by atoms with van der Waals surface area (Å²) in [5, 5.41) is 6.47. The molecule has 0 saturated heterocycles. The van der Waals surface area contributed by atoms with E-state index in [1.807, 2.05) is 16.8 Å². The summed E-state index contributed by atoms with van der Waals surface area (Å²) in [7, 11) is 1.61. The van der Waals surface area contributed by atoms with Gasteiger partial charge < -0.3 is 19.9 Å². The van der Waals surface area contributed by atoms with Crippen LogP contribution in [-0.4, -0.2) is 36.0 Å². The van der Waals surface area contributed by atoms with Gasteiger partial charge in [0.1, 0.15) is 11.9 Å². The molecule has 3 N–H and O–H groups in total. The Morgan fingerprint density at radius 3 is 2.96 bits per heavy atom. The minimum absolute atomic E-state index is 0.0330. The van der Waals surface area contributed by atoms with Crippen LogP contribution in [0, 0.1) is 0 Å². The fraction of sp³-hybridized carbons (Fsp3) is 0.0625. The van der Waals surface area contributed by atoms with Crippen molar-refractivity contribution >= 4 is 23.1 Å². The quantitative estimate of drug-likeness (QED) is 0.565. The highest BCUT2D eigenvalue weighted by Crippen LogP contribution is 2.21. The molecule has 0 aliphatic rings. The Labute approximate surface area is 146 Å². The Bertz CT molecular complexity index is 1140. The van der Waals surface area contributed by atoms with Crippen LogP contribution in [0.3, 0.4) is 0 Å². The van der Waals surface area contributed by atoms with E-state index in [4.69, 9.17) is 10.2 Å². The summed E-state index contributed by atoms with van der Waals surface area (Å²) in [5.41, 5.74) is 6.89. The number of hydrogen-bond acceptors (Lipinski definition) is 6. The van der Waals surface area contributed by atoms with E-state index in [1.54, 1.807) is 25.4 Å². The minimum atomic E-state index is -0.741. The van der Waals surface area contributed by atoms with E-state index in [0.717, 1.165) is 5.65 Å². The fourth-order valence-electron chi connectivity index (χ4n) is 2.50. The van der Waals surface area contributed by atoms with E-state index >= 15 is 0 Å². The lowest BCUT2D eigenvalue weighted by atomic mass is 10.2. The van der Waals surface area contributed by atoms with Crippen LogP contribution in [0.15, 0.2) is 47.6 Å². The molecule has 0 aliphatic carbocycles. The third-order valence-electron chi connectivity index (χ3n) is 3.69. The number of pyridine rings is 1. The molecule has 4 aromatic rings. The van der Waals surface area contributed by atoms with Crippen molar-refractivity contribution in [1.82, 2.24) is 24.1 Å². The number of carbonyl (C=O) groups is 2. The maximum atomic E-state index is 12.4. The molecule has 130 valence electrons. The molecule has 2 amide bonds. The minimum Gasteiger partial charge on any atom is -0.444 e. The highest BCUT2D eigenvalue weighted by Gasteiger charge is 2.19. The van der Waals surface area contributed by atoms with E-state index in [1.165, 1.54) is 17.1 Å². The predicted molar refractivity (Wildman–Crippen MR) is 90.4 cm³/mol. The Morgan fingerprint density at radius 1 is 1.31 bits per heavy atom. The van der Waals surface area contributed by atoms with Crippen LogP contribution in [0.4, 0.5) is 5.69 Å². The molecular weight excluding hydrogens is 338 g/mol. The normalized spacial score (nSPS) is 11.0. The van der Waals surface area contributed by atoms with Gasteiger partial charge in [0.15, 0.2) is 11.4 Å². The molecule has 10 heteroatoms. The van der Waals surface area contributed by atoms with Crippen LogP contribution in [-0.2, 0) is 7.05 Å². The molecule has 0 atom stereocenters. The standard InChI is InChI=1S/C16H13N7O3/c1-22-7-10(13(21-22)14(17)24)19-15(25)11-8-26-16(20-11)9-2-4-23-5-3-18-12(23)6-9/h2-8H,1H3,(H2,17,24)(H,19,25). The van der Waals surface area contributed by atoms with E-state index in [-0.39, 0.29) is 23.0 Å². The van der Waals surface area contributed by atoms with E-state index in [0.29, 0.717) is 5.56 Å². The fourth-order valence-corrected chi connectivity index (χ4v) is 2.50. The number of imidazole rings is 1. The second-order valence-electron chi connectivity index (χ2n) is 5.53. The van der Waals surface area contributed by atoms with Crippen LogP contribution in [0.5, 0.6) is 0 Å². The summed E-state index contributed by atoms with van der Waals surface area (Å²) in [6.45, 7) is 0. The molecule has 4 aromatic heterocycles. The Morgan fingerprint density at radius 2 is 2.15 bits per heavy atom. The Hall–Kier alpha value is -3.95. The number of carbonyl (C=O) groups excluding carboxylic acids is 2. The van der Waals surface area contributed by atoms with Gasteiger partial charge in [0.2, 0.25) is 5.89 Å². The number of nitrogens with zero attached hydrogens (tertiary/aromatic N) is 5. The lowest BCUT2D eigenvalue weighted by molar-refractivity contribution is 0.0995. The van der Waals surface area contributed by atoms with Crippen molar-refractivity contribution in [2.45, 2.75) is 0 Å². The number of hydrogen-bond donors (Lipinski definition) is 2. The molecule has 4 heterocycles. The number of fused-ring (bicyclic) bond motifs is 1. The first-order valence-electron chi connectivity index (χ1n) is 7.54. The van der Waals surface area contributed by atoms with Crippen LogP contribution in [0.1, 0.15) is 21.0 Å². The number of nitrogens with two attached hydrogens (primary N) is 1. The van der Waals surface area contributed by atoms with Gasteiger partial charge in [-0.2, -0.15) is 5.10 Å². The first kappa shape index (κ1) is 15.6. The highest BCUT2D eigenvalue weighted by atomic mass is 16.3. The number of amides is 2. The summed E-state index contributed by atoms with van der Waals surface area (Å²) >= 11 is 0. The first-order chi connectivity index (χ1) is 12.5. The summed E-state index contributed by atoms with van der Waals surface area (Å²) < 4.78 is 8.62. The van der Waals surface area contributed by atoms with Gasteiger partial charge in [-0.3, -0.25) is 14.3 Å². The van der Waals surface area contributed by atoms with Crippen LogP contribution >= 0.6 is 0 Å². The molecule has 0 unspecified atom stereocenters. The molecule has 26 heavy (non-hydrogen) atoms. The second-order valence-corrected chi connectivity index (χ2v) is 5.53. The molecule has 0 fully saturated rings. The molecule has 0 aromatic carbocycles. The summed E-state index contributed by atoms with van der Waals surface area (Å²) in [6.07, 6.45) is 8.03. The van der Waals surface area contributed by atoms with Gasteiger partial charge in [-0.15, -0.1) is 0 Å². The molecule has 0 saturated carbocycles. The second kappa shape index (κ2) is 5.84. The van der Waals surface area contributed by atoms with Crippen molar-refractivity contribution in [2.24, 2.45) is 12.8 Å². The van der Waals surface area contributed by atoms with Crippen LogP contribution in [0.25, 0.3) is 17.1 Å². The van der Waals surface area contributed by atoms with E-state index < -0.39 is 11.8 Å². The smallest absolute Gasteiger partial charge is 0.277 e. The van der Waals surface area contributed by atoms with Gasteiger partial charge >= 0.3 is 0 Å². The van der Waals surface area contributed by atoms with Crippen molar-refractivity contribution in [3.8, 4) is 11.5 Å². The number of nitrogens with one attached hydrogen (secondary N) is 1. The van der Waals surface area contributed by atoms with Crippen molar-refractivity contribution in [2.75, 3.05) is 5.32 Å². The zero-order valence-corrected chi connectivity index (χ0v) is 13.6. The van der Waals surface area contributed by atoms with Gasteiger partial charge in [-0.1, -0.05) is 0 Å². The van der Waals surface area contributed by atoms with Crippen LogP contribution < -0.4 is 11.1 Å². The van der Waals surface area contributed by atoms with Gasteiger partial charge in [0, 0.05) is 37.4 Å². The molecule has 4 rings (SSSR count). The van der Waals surface area contributed by atoms with Gasteiger partial charge in [0.05, 0.1) is 5.69 Å². The Kier molecular flexibility index (Phi) is 3.50. The number of aromatic nitrogens is 5. The number of primary amides is 1. The number of oxazole rings is 1. The molecule has 0 bridgehead atoms. The summed E-state index contributed by atoms with van der Waals surface area (Å²) in [6, 6.07) is 3.59. The number of rotatable bonds is 4. The zero-order valence-electron chi connectivity index (χ0n) is 13.6. The third-order valence-corrected chi connectivity index (χ3v) is 3.69. The van der Waals surface area contributed by atoms with Crippen LogP contribution in [0.2, 0.25) is 0 Å². The maximum Gasteiger partial charge on any atom is 0.277 e. The number of anilines is 1. The molecule has 0 spiro atoms. The third kappa shape index (κ3) is 2.69. The van der Waals surface area contributed by atoms with Crippen molar-refractivity contribution < 1.29 is 14.0 Å². The molecular formula is C16H13N7O3. The molecule has 0 aliphatic heterocycles. The topological polar surface area (TPSA) is 133 Å². The largest absolute Gasteiger partial charge is 0.444 e. The van der Waals surface area contributed by atoms with Crippen molar-refractivity contribution in [3.05, 3.63) is 54.6 Å². The number of aryl methyl sites for hydroxylation is 1. The lowest BCUT2D eigenvalue weighted by Crippen LogP contribution is -2.18. The zero-order chi connectivity index (χ0) is 18.3. The first-order valence-corrected chi connectivity index (χ1v) is 7.54. The Balaban J connectivity index is 1.59. The predicted octanol–water partition coefficient (Wildman–Crippen LogP) is 1.07. The molecule has 0 radical (unpaired) electrons. The lowest BCUT2D eigenvalue weighted by Gasteiger charge is -2.00. The van der Waals surface area contributed by atoms with E-state index in [2.05, 4.69) is 20.4 Å². The van der Waals surface area contributed by atoms with Gasteiger partial charge in [-0.05, 0) is 12.1 Å². The SMILES string of the molecule is Cn1cc(NC(=O)c2coc(-c3ccn4ccnc4c3)n2)c(C(N)=O)n1. The average Bonchev–Trinajstić information content (AvgIpc) is 3.32. The summed E-state index contributed by atoms with van der Waals surface area (Å²) in [5.74, 6) is -1.01. The van der Waals surface area contributed by atoms with Gasteiger partial charge in [-0.25, -0.2) is 9.97 Å². The summed E-state index contributed by atoms with van der Waals surface area (Å²) in [4.78, 5) is 32.1. The van der Waals surface area contributed by atoms with E-state index in [9.17, 15) is 9.59 Å². The highest BCUT2D eigenvalue weighted by molar-refractivity contribution is 6.07. The monoisotopic (exact) mass is 351 g/mol. The molecule has 10 nitrogen and oxygen atoms in total. The van der Waals surface area contributed by atoms with Crippen molar-refractivity contribution in [1.29, 1.82) is 0 Å². The average molecular weight is 351 g/mol.